The standard InChI is InChI=1S/C17H27ClN2/c1-3-15-9-5-4-6-11-20(15)17-14(12-13(2)19)8-7-10-16(17)18/h7-8,10,13,15H,3-6,9,11-12,19H2,1-2H3. The van der Waals surface area contributed by atoms with Crippen LogP contribution >= 0.6 is 11.6 Å². The lowest BCUT2D eigenvalue weighted by molar-refractivity contribution is 0.554. The highest BCUT2D eigenvalue weighted by atomic mass is 35.5. The average Bonchev–Trinajstić information content (AvgIpc) is 2.63. The van der Waals surface area contributed by atoms with Crippen LogP contribution in [-0.4, -0.2) is 18.6 Å². The number of hydrogen-bond acceptors (Lipinski definition) is 2. The van der Waals surface area contributed by atoms with Crippen LogP contribution in [0.5, 0.6) is 0 Å². The second-order valence-corrected chi connectivity index (χ2v) is 6.44. The van der Waals surface area contributed by atoms with Gasteiger partial charge in [-0.2, -0.15) is 0 Å². The Morgan fingerprint density at radius 1 is 1.35 bits per heavy atom. The molecule has 1 saturated heterocycles. The minimum atomic E-state index is 0.166. The number of halogens is 1. The van der Waals surface area contributed by atoms with E-state index in [2.05, 4.69) is 24.8 Å². The van der Waals surface area contributed by atoms with Crippen molar-refractivity contribution in [1.29, 1.82) is 0 Å². The van der Waals surface area contributed by atoms with E-state index in [0.29, 0.717) is 6.04 Å². The second-order valence-electron chi connectivity index (χ2n) is 6.03. The highest BCUT2D eigenvalue weighted by Crippen LogP contribution is 2.35. The number of nitrogens with zero attached hydrogens (tertiary/aromatic N) is 1. The average molecular weight is 295 g/mol. The van der Waals surface area contributed by atoms with Crippen LogP contribution in [0.25, 0.3) is 0 Å². The predicted octanol–water partition coefficient (Wildman–Crippen LogP) is 4.39. The molecule has 20 heavy (non-hydrogen) atoms. The highest BCUT2D eigenvalue weighted by molar-refractivity contribution is 6.33. The number of para-hydroxylation sites is 1. The Kier molecular flexibility index (Phi) is 5.74. The Balaban J connectivity index is 2.37. The molecule has 1 aromatic rings. The number of nitrogens with two attached hydrogens (primary N) is 1. The van der Waals surface area contributed by atoms with Gasteiger partial charge in [-0.1, -0.05) is 43.5 Å². The van der Waals surface area contributed by atoms with E-state index in [1.165, 1.54) is 43.4 Å². The summed E-state index contributed by atoms with van der Waals surface area (Å²) in [5, 5.41) is 0.878. The van der Waals surface area contributed by atoms with Crippen LogP contribution in [-0.2, 0) is 6.42 Å². The Morgan fingerprint density at radius 2 is 2.15 bits per heavy atom. The first-order chi connectivity index (χ1) is 9.63. The number of rotatable bonds is 4. The van der Waals surface area contributed by atoms with E-state index in [0.717, 1.165) is 18.0 Å². The molecule has 0 aromatic heterocycles. The summed E-state index contributed by atoms with van der Waals surface area (Å²) in [7, 11) is 0. The van der Waals surface area contributed by atoms with Gasteiger partial charge in [0.1, 0.15) is 0 Å². The number of benzene rings is 1. The van der Waals surface area contributed by atoms with Crippen molar-refractivity contribution in [3.8, 4) is 0 Å². The zero-order valence-electron chi connectivity index (χ0n) is 12.7. The van der Waals surface area contributed by atoms with Crippen molar-refractivity contribution in [3.05, 3.63) is 28.8 Å². The third-order valence-electron chi connectivity index (χ3n) is 4.25. The van der Waals surface area contributed by atoms with Crippen molar-refractivity contribution in [2.45, 2.75) is 64.5 Å². The van der Waals surface area contributed by atoms with Crippen molar-refractivity contribution in [1.82, 2.24) is 0 Å². The van der Waals surface area contributed by atoms with E-state index in [-0.39, 0.29) is 6.04 Å². The van der Waals surface area contributed by atoms with Crippen LogP contribution < -0.4 is 10.6 Å². The third-order valence-corrected chi connectivity index (χ3v) is 4.55. The molecule has 1 fully saturated rings. The van der Waals surface area contributed by atoms with Crippen LogP contribution in [0.4, 0.5) is 5.69 Å². The zero-order chi connectivity index (χ0) is 14.5. The molecule has 0 bridgehead atoms. The van der Waals surface area contributed by atoms with Crippen molar-refractivity contribution >= 4 is 17.3 Å². The molecule has 1 heterocycles. The van der Waals surface area contributed by atoms with E-state index in [9.17, 15) is 0 Å². The Morgan fingerprint density at radius 3 is 2.85 bits per heavy atom. The first-order valence-electron chi connectivity index (χ1n) is 7.93. The SMILES string of the molecule is CCC1CCCCCN1c1c(Cl)cccc1CC(C)N. The van der Waals surface area contributed by atoms with Gasteiger partial charge in [0.05, 0.1) is 10.7 Å². The van der Waals surface area contributed by atoms with Gasteiger partial charge in [-0.25, -0.2) is 0 Å². The lowest BCUT2D eigenvalue weighted by Crippen LogP contribution is -2.35. The summed E-state index contributed by atoms with van der Waals surface area (Å²) in [6.07, 6.45) is 7.28. The second kappa shape index (κ2) is 7.33. The summed E-state index contributed by atoms with van der Waals surface area (Å²) in [5.74, 6) is 0. The van der Waals surface area contributed by atoms with Gasteiger partial charge in [-0.3, -0.25) is 0 Å². The van der Waals surface area contributed by atoms with E-state index in [1.54, 1.807) is 0 Å². The Bertz CT molecular complexity index is 431. The molecule has 112 valence electrons. The van der Waals surface area contributed by atoms with E-state index < -0.39 is 0 Å². The molecule has 0 spiro atoms. The van der Waals surface area contributed by atoms with Gasteiger partial charge in [0, 0.05) is 18.6 Å². The van der Waals surface area contributed by atoms with Gasteiger partial charge in [0.2, 0.25) is 0 Å². The maximum absolute atomic E-state index is 6.54. The summed E-state index contributed by atoms with van der Waals surface area (Å²) in [6, 6.07) is 7.02. The fourth-order valence-electron chi connectivity index (χ4n) is 3.29. The van der Waals surface area contributed by atoms with Crippen molar-refractivity contribution in [2.75, 3.05) is 11.4 Å². The Labute approximate surface area is 128 Å². The molecule has 1 aliphatic rings. The number of anilines is 1. The fraction of sp³-hybridized carbons (Fsp3) is 0.647. The molecule has 2 N–H and O–H groups in total. The van der Waals surface area contributed by atoms with Crippen LogP contribution in [0.3, 0.4) is 0 Å². The highest BCUT2D eigenvalue weighted by Gasteiger charge is 2.23. The molecule has 0 aliphatic carbocycles. The molecule has 1 aromatic carbocycles. The van der Waals surface area contributed by atoms with E-state index >= 15 is 0 Å². The van der Waals surface area contributed by atoms with E-state index in [4.69, 9.17) is 17.3 Å². The van der Waals surface area contributed by atoms with Crippen molar-refractivity contribution in [2.24, 2.45) is 5.73 Å². The molecule has 2 rings (SSSR count). The lowest BCUT2D eigenvalue weighted by atomic mass is 10.0. The van der Waals surface area contributed by atoms with Gasteiger partial charge in [0.15, 0.2) is 0 Å². The maximum atomic E-state index is 6.54. The van der Waals surface area contributed by atoms with Gasteiger partial charge in [-0.05, 0) is 44.2 Å². The van der Waals surface area contributed by atoms with Gasteiger partial charge < -0.3 is 10.6 Å². The molecule has 2 unspecified atom stereocenters. The fourth-order valence-corrected chi connectivity index (χ4v) is 3.59. The molecule has 0 amide bonds. The summed E-state index contributed by atoms with van der Waals surface area (Å²) in [6.45, 7) is 5.46. The maximum Gasteiger partial charge on any atom is 0.0642 e. The third kappa shape index (κ3) is 3.67. The minimum Gasteiger partial charge on any atom is -0.367 e. The van der Waals surface area contributed by atoms with Gasteiger partial charge >= 0.3 is 0 Å². The minimum absolute atomic E-state index is 0.166. The van der Waals surface area contributed by atoms with Crippen LogP contribution in [0.2, 0.25) is 5.02 Å². The smallest absolute Gasteiger partial charge is 0.0642 e. The largest absolute Gasteiger partial charge is 0.367 e. The molecule has 2 nitrogen and oxygen atoms in total. The molecule has 0 saturated carbocycles. The van der Waals surface area contributed by atoms with E-state index in [1.807, 2.05) is 12.1 Å². The summed E-state index contributed by atoms with van der Waals surface area (Å²) in [5.41, 5.74) is 8.54. The van der Waals surface area contributed by atoms with Gasteiger partial charge in [0.25, 0.3) is 0 Å². The molecule has 1 aliphatic heterocycles. The molecule has 3 heteroatoms. The molecule has 2 atom stereocenters. The summed E-state index contributed by atoms with van der Waals surface area (Å²) >= 11 is 6.54. The predicted molar refractivity (Wildman–Crippen MR) is 88.7 cm³/mol. The lowest BCUT2D eigenvalue weighted by Gasteiger charge is -2.34. The monoisotopic (exact) mass is 294 g/mol. The first kappa shape index (κ1) is 15.7. The molecule has 0 radical (unpaired) electrons. The number of hydrogen-bond donors (Lipinski definition) is 1. The van der Waals surface area contributed by atoms with Crippen molar-refractivity contribution in [3.63, 3.8) is 0 Å². The summed E-state index contributed by atoms with van der Waals surface area (Å²) in [4.78, 5) is 2.55. The normalized spacial score (nSPS) is 21.6. The first-order valence-corrected chi connectivity index (χ1v) is 8.31. The van der Waals surface area contributed by atoms with Crippen molar-refractivity contribution < 1.29 is 0 Å². The topological polar surface area (TPSA) is 29.3 Å². The molecular formula is C17H27ClN2. The summed E-state index contributed by atoms with van der Waals surface area (Å²) < 4.78 is 0. The molecular weight excluding hydrogens is 268 g/mol. The van der Waals surface area contributed by atoms with Crippen LogP contribution in [0.1, 0.15) is 51.5 Å². The quantitative estimate of drug-likeness (QED) is 0.892. The zero-order valence-corrected chi connectivity index (χ0v) is 13.5. The van der Waals surface area contributed by atoms with Crippen LogP contribution in [0, 0.1) is 0 Å². The van der Waals surface area contributed by atoms with Crippen LogP contribution in [0.15, 0.2) is 18.2 Å². The van der Waals surface area contributed by atoms with Gasteiger partial charge in [-0.15, -0.1) is 0 Å². The Hall–Kier alpha value is -0.730.